The zero-order valence-corrected chi connectivity index (χ0v) is 18.3. The van der Waals surface area contributed by atoms with Gasteiger partial charge in [0.2, 0.25) is 15.9 Å². The zero-order valence-electron chi connectivity index (χ0n) is 17.5. The van der Waals surface area contributed by atoms with Crippen LogP contribution in [0.3, 0.4) is 0 Å². The Bertz CT molecular complexity index is 1050. The standard InChI is InChI=1S/C22H24F2N2O5S/c1-2-30-18-8-10-19(11-9-18)32(28,29)26-15-13-25(14-16-26)21(27)12-7-17-5-3-4-6-20(17)31-22(23)24/h3-12,22H,2,13-16H2,1H3/b12-7+. The number of benzene rings is 2. The number of piperazine rings is 1. The van der Waals surface area contributed by atoms with Gasteiger partial charge in [-0.25, -0.2) is 8.42 Å². The van der Waals surface area contributed by atoms with Crippen LogP contribution in [0.15, 0.2) is 59.5 Å². The smallest absolute Gasteiger partial charge is 0.387 e. The van der Waals surface area contributed by atoms with Crippen molar-refractivity contribution >= 4 is 22.0 Å². The Morgan fingerprint density at radius 2 is 1.72 bits per heavy atom. The maximum atomic E-state index is 12.9. The van der Waals surface area contributed by atoms with Crippen molar-refractivity contribution in [2.75, 3.05) is 32.8 Å². The molecule has 0 bridgehead atoms. The topological polar surface area (TPSA) is 76.2 Å². The fraction of sp³-hybridized carbons (Fsp3) is 0.318. The number of ether oxygens (including phenoxy) is 2. The van der Waals surface area contributed by atoms with Crippen molar-refractivity contribution < 1.29 is 31.5 Å². The molecule has 1 fully saturated rings. The molecule has 3 rings (SSSR count). The van der Waals surface area contributed by atoms with E-state index in [4.69, 9.17) is 4.74 Å². The number of sulfonamides is 1. The van der Waals surface area contributed by atoms with Gasteiger partial charge in [0.05, 0.1) is 11.5 Å². The van der Waals surface area contributed by atoms with Crippen molar-refractivity contribution in [1.82, 2.24) is 9.21 Å². The van der Waals surface area contributed by atoms with Gasteiger partial charge in [-0.15, -0.1) is 0 Å². The van der Waals surface area contributed by atoms with E-state index in [0.717, 1.165) is 0 Å². The largest absolute Gasteiger partial charge is 0.494 e. The average Bonchev–Trinajstić information content (AvgIpc) is 2.78. The molecular weight excluding hydrogens is 442 g/mol. The second-order valence-corrected chi connectivity index (χ2v) is 8.82. The number of halogens is 2. The monoisotopic (exact) mass is 466 g/mol. The second kappa shape index (κ2) is 10.6. The Morgan fingerprint density at radius 1 is 1.06 bits per heavy atom. The van der Waals surface area contributed by atoms with Gasteiger partial charge in [0.15, 0.2) is 0 Å². The summed E-state index contributed by atoms with van der Waals surface area (Å²) in [5.41, 5.74) is 0.345. The lowest BCUT2D eigenvalue weighted by molar-refractivity contribution is -0.127. The van der Waals surface area contributed by atoms with Crippen LogP contribution in [0.4, 0.5) is 8.78 Å². The minimum Gasteiger partial charge on any atom is -0.494 e. The molecule has 0 atom stereocenters. The van der Waals surface area contributed by atoms with E-state index in [1.807, 2.05) is 6.92 Å². The summed E-state index contributed by atoms with van der Waals surface area (Å²) in [5, 5.41) is 0. The van der Waals surface area contributed by atoms with Gasteiger partial charge in [-0.1, -0.05) is 18.2 Å². The molecular formula is C22H24F2N2O5S. The fourth-order valence-corrected chi connectivity index (χ4v) is 4.68. The first kappa shape index (κ1) is 23.7. The van der Waals surface area contributed by atoms with Gasteiger partial charge in [0.1, 0.15) is 11.5 Å². The number of para-hydroxylation sites is 1. The lowest BCUT2D eigenvalue weighted by atomic mass is 10.2. The van der Waals surface area contributed by atoms with Crippen molar-refractivity contribution in [1.29, 1.82) is 0 Å². The molecule has 0 unspecified atom stereocenters. The predicted octanol–water partition coefficient (Wildman–Crippen LogP) is 3.23. The van der Waals surface area contributed by atoms with Gasteiger partial charge in [-0.3, -0.25) is 4.79 Å². The molecule has 172 valence electrons. The van der Waals surface area contributed by atoms with Crippen LogP contribution in [0.1, 0.15) is 12.5 Å². The van der Waals surface area contributed by atoms with E-state index >= 15 is 0 Å². The van der Waals surface area contributed by atoms with Crippen LogP contribution in [0.2, 0.25) is 0 Å². The maximum absolute atomic E-state index is 12.9. The third-order valence-corrected chi connectivity index (χ3v) is 6.78. The third-order valence-electron chi connectivity index (χ3n) is 4.86. The van der Waals surface area contributed by atoms with Crippen LogP contribution in [0.5, 0.6) is 11.5 Å². The van der Waals surface area contributed by atoms with E-state index in [2.05, 4.69) is 4.74 Å². The predicted molar refractivity (Wildman–Crippen MR) is 115 cm³/mol. The highest BCUT2D eigenvalue weighted by molar-refractivity contribution is 7.89. The zero-order chi connectivity index (χ0) is 23.1. The molecule has 0 aromatic heterocycles. The number of nitrogens with zero attached hydrogens (tertiary/aromatic N) is 2. The molecule has 0 N–H and O–H groups in total. The van der Waals surface area contributed by atoms with Gasteiger partial charge in [-0.05, 0) is 43.3 Å². The molecule has 1 heterocycles. The highest BCUT2D eigenvalue weighted by Gasteiger charge is 2.29. The van der Waals surface area contributed by atoms with E-state index in [9.17, 15) is 22.0 Å². The second-order valence-electron chi connectivity index (χ2n) is 6.88. The van der Waals surface area contributed by atoms with E-state index < -0.39 is 16.6 Å². The molecule has 1 saturated heterocycles. The van der Waals surface area contributed by atoms with Crippen molar-refractivity contribution in [2.24, 2.45) is 0 Å². The van der Waals surface area contributed by atoms with Crippen LogP contribution < -0.4 is 9.47 Å². The molecule has 0 spiro atoms. The van der Waals surface area contributed by atoms with E-state index in [-0.39, 0.29) is 42.7 Å². The van der Waals surface area contributed by atoms with Gasteiger partial charge in [0, 0.05) is 37.8 Å². The fourth-order valence-electron chi connectivity index (χ4n) is 3.26. The highest BCUT2D eigenvalue weighted by Crippen LogP contribution is 2.23. The Kier molecular flexibility index (Phi) is 7.81. The summed E-state index contributed by atoms with van der Waals surface area (Å²) in [7, 11) is -3.68. The molecule has 1 amide bonds. The Balaban J connectivity index is 1.60. The Hall–Kier alpha value is -2.98. The van der Waals surface area contributed by atoms with Crippen LogP contribution in [-0.4, -0.2) is 62.9 Å². The Labute approximate surface area is 185 Å². The summed E-state index contributed by atoms with van der Waals surface area (Å²) in [6, 6.07) is 12.4. The van der Waals surface area contributed by atoms with Gasteiger partial charge in [0.25, 0.3) is 0 Å². The van der Waals surface area contributed by atoms with Gasteiger partial charge >= 0.3 is 6.61 Å². The summed E-state index contributed by atoms with van der Waals surface area (Å²) < 4.78 is 61.9. The molecule has 10 heteroatoms. The van der Waals surface area contributed by atoms with E-state index in [1.165, 1.54) is 39.6 Å². The van der Waals surface area contributed by atoms with Crippen molar-refractivity contribution in [3.63, 3.8) is 0 Å². The first-order chi connectivity index (χ1) is 15.3. The molecule has 2 aromatic rings. The van der Waals surface area contributed by atoms with Crippen LogP contribution in [-0.2, 0) is 14.8 Å². The number of alkyl halides is 2. The number of carbonyl (C=O) groups is 1. The van der Waals surface area contributed by atoms with Crippen molar-refractivity contribution in [3.05, 3.63) is 60.2 Å². The van der Waals surface area contributed by atoms with Gasteiger partial charge in [-0.2, -0.15) is 13.1 Å². The lowest BCUT2D eigenvalue weighted by Crippen LogP contribution is -2.50. The molecule has 0 saturated carbocycles. The molecule has 1 aliphatic rings. The molecule has 7 nitrogen and oxygen atoms in total. The summed E-state index contributed by atoms with van der Waals surface area (Å²) in [4.78, 5) is 14.2. The number of hydrogen-bond acceptors (Lipinski definition) is 5. The summed E-state index contributed by atoms with van der Waals surface area (Å²) in [6.45, 7) is 0.104. The first-order valence-electron chi connectivity index (χ1n) is 10.0. The van der Waals surface area contributed by atoms with Crippen LogP contribution in [0, 0.1) is 0 Å². The van der Waals surface area contributed by atoms with Crippen molar-refractivity contribution in [2.45, 2.75) is 18.4 Å². The van der Waals surface area contributed by atoms with Gasteiger partial charge < -0.3 is 14.4 Å². The normalized spacial score (nSPS) is 15.3. The SMILES string of the molecule is CCOc1ccc(S(=O)(=O)N2CCN(C(=O)/C=C/c3ccccc3OC(F)F)CC2)cc1. The lowest BCUT2D eigenvalue weighted by Gasteiger charge is -2.33. The van der Waals surface area contributed by atoms with Crippen molar-refractivity contribution in [3.8, 4) is 11.5 Å². The maximum Gasteiger partial charge on any atom is 0.387 e. The van der Waals surface area contributed by atoms with Crippen LogP contribution >= 0.6 is 0 Å². The number of rotatable bonds is 8. The number of carbonyl (C=O) groups excluding carboxylic acids is 1. The highest BCUT2D eigenvalue weighted by atomic mass is 32.2. The number of amides is 1. The molecule has 1 aliphatic heterocycles. The molecule has 32 heavy (non-hydrogen) atoms. The van der Waals surface area contributed by atoms with Crippen LogP contribution in [0.25, 0.3) is 6.08 Å². The molecule has 0 aliphatic carbocycles. The summed E-state index contributed by atoms with van der Waals surface area (Å²) in [5.74, 6) is 0.224. The summed E-state index contributed by atoms with van der Waals surface area (Å²) in [6.07, 6.45) is 2.67. The van der Waals surface area contributed by atoms with E-state index in [1.54, 1.807) is 30.3 Å². The third kappa shape index (κ3) is 5.83. The molecule has 0 radical (unpaired) electrons. The first-order valence-corrected chi connectivity index (χ1v) is 11.5. The number of hydrogen-bond donors (Lipinski definition) is 0. The average molecular weight is 467 g/mol. The van der Waals surface area contributed by atoms with E-state index in [0.29, 0.717) is 17.9 Å². The molecule has 2 aromatic carbocycles. The summed E-state index contributed by atoms with van der Waals surface area (Å²) >= 11 is 0. The quantitative estimate of drug-likeness (QED) is 0.559. The minimum atomic E-state index is -3.68. The minimum absolute atomic E-state index is 0.0298. The Morgan fingerprint density at radius 3 is 2.34 bits per heavy atom.